The molecule has 0 bridgehead atoms. The molecule has 1 heterocycles. The number of hydrogen-bond acceptors (Lipinski definition) is 3. The van der Waals surface area contributed by atoms with Crippen LogP contribution in [0.5, 0.6) is 0 Å². The van der Waals surface area contributed by atoms with Crippen LogP contribution in [0, 0.1) is 0 Å². The van der Waals surface area contributed by atoms with Crippen LogP contribution >= 0.6 is 0 Å². The van der Waals surface area contributed by atoms with Crippen molar-refractivity contribution in [3.63, 3.8) is 0 Å². The van der Waals surface area contributed by atoms with Crippen LogP contribution in [0.25, 0.3) is 0 Å². The van der Waals surface area contributed by atoms with E-state index in [0.717, 1.165) is 25.9 Å². The van der Waals surface area contributed by atoms with E-state index in [9.17, 15) is 0 Å². The minimum atomic E-state index is 0.276. The van der Waals surface area contributed by atoms with Gasteiger partial charge in [0.2, 0.25) is 0 Å². The number of aliphatic hydroxyl groups excluding tert-OH is 1. The van der Waals surface area contributed by atoms with Crippen molar-refractivity contribution in [1.29, 1.82) is 0 Å². The molecule has 0 aliphatic carbocycles. The Labute approximate surface area is 98.1 Å². The number of aliphatic hydroxyl groups is 1. The van der Waals surface area contributed by atoms with Gasteiger partial charge in [0.15, 0.2) is 0 Å². The molecule has 1 aromatic heterocycles. The fourth-order valence-electron chi connectivity index (χ4n) is 1.72. The van der Waals surface area contributed by atoms with Gasteiger partial charge in [-0.05, 0) is 44.4 Å². The lowest BCUT2D eigenvalue weighted by Crippen LogP contribution is -2.34. The van der Waals surface area contributed by atoms with Crippen molar-refractivity contribution in [2.24, 2.45) is 0 Å². The fourth-order valence-corrected chi connectivity index (χ4v) is 1.72. The SMILES string of the molecule is CC(C)N(CCCO)CCc1ccncc1. The summed E-state index contributed by atoms with van der Waals surface area (Å²) in [6, 6.07) is 4.66. The van der Waals surface area contributed by atoms with Gasteiger partial charge in [-0.15, -0.1) is 0 Å². The number of aromatic nitrogens is 1. The molecule has 0 aliphatic heterocycles. The molecule has 0 saturated carbocycles. The Balaban J connectivity index is 2.38. The first-order chi connectivity index (χ1) is 7.74. The maximum atomic E-state index is 8.85. The number of hydrogen-bond donors (Lipinski definition) is 1. The van der Waals surface area contributed by atoms with Crippen molar-refractivity contribution in [3.8, 4) is 0 Å². The van der Waals surface area contributed by atoms with Crippen LogP contribution in [0.1, 0.15) is 25.8 Å². The molecule has 0 saturated heterocycles. The zero-order chi connectivity index (χ0) is 11.8. The maximum absolute atomic E-state index is 8.85. The van der Waals surface area contributed by atoms with Gasteiger partial charge in [-0.25, -0.2) is 0 Å². The largest absolute Gasteiger partial charge is 0.396 e. The average Bonchev–Trinajstić information content (AvgIpc) is 2.30. The normalized spacial score (nSPS) is 11.3. The number of pyridine rings is 1. The second-order valence-electron chi connectivity index (χ2n) is 4.31. The first-order valence-corrected chi connectivity index (χ1v) is 5.98. The molecule has 90 valence electrons. The number of rotatable bonds is 7. The Hall–Kier alpha value is -0.930. The van der Waals surface area contributed by atoms with Gasteiger partial charge in [0.25, 0.3) is 0 Å². The molecule has 0 spiro atoms. The molecule has 1 rings (SSSR count). The van der Waals surface area contributed by atoms with Crippen molar-refractivity contribution >= 4 is 0 Å². The average molecular weight is 222 g/mol. The molecular weight excluding hydrogens is 200 g/mol. The van der Waals surface area contributed by atoms with E-state index in [2.05, 4.69) is 35.9 Å². The zero-order valence-corrected chi connectivity index (χ0v) is 10.3. The predicted molar refractivity (Wildman–Crippen MR) is 66.4 cm³/mol. The van der Waals surface area contributed by atoms with E-state index in [4.69, 9.17) is 5.11 Å². The quantitative estimate of drug-likeness (QED) is 0.763. The molecule has 0 aromatic carbocycles. The first-order valence-electron chi connectivity index (χ1n) is 5.98. The summed E-state index contributed by atoms with van der Waals surface area (Å²) in [5.74, 6) is 0. The summed E-state index contributed by atoms with van der Waals surface area (Å²) in [5, 5.41) is 8.85. The highest BCUT2D eigenvalue weighted by molar-refractivity contribution is 5.09. The van der Waals surface area contributed by atoms with Gasteiger partial charge in [0, 0.05) is 38.1 Å². The van der Waals surface area contributed by atoms with Crippen LogP contribution in [0.4, 0.5) is 0 Å². The van der Waals surface area contributed by atoms with Gasteiger partial charge in [0.1, 0.15) is 0 Å². The first kappa shape index (κ1) is 13.1. The van der Waals surface area contributed by atoms with E-state index in [1.165, 1.54) is 5.56 Å². The van der Waals surface area contributed by atoms with Gasteiger partial charge < -0.3 is 10.0 Å². The Bertz CT molecular complexity index is 275. The molecular formula is C13H22N2O. The fraction of sp³-hybridized carbons (Fsp3) is 0.615. The lowest BCUT2D eigenvalue weighted by molar-refractivity contribution is 0.193. The summed E-state index contributed by atoms with van der Waals surface area (Å²) in [4.78, 5) is 6.41. The smallest absolute Gasteiger partial charge is 0.0443 e. The highest BCUT2D eigenvalue weighted by Crippen LogP contribution is 2.04. The van der Waals surface area contributed by atoms with E-state index < -0.39 is 0 Å². The second-order valence-corrected chi connectivity index (χ2v) is 4.31. The topological polar surface area (TPSA) is 36.4 Å². The molecule has 0 aliphatic rings. The molecule has 3 heteroatoms. The maximum Gasteiger partial charge on any atom is 0.0443 e. The Morgan fingerprint density at radius 1 is 1.25 bits per heavy atom. The lowest BCUT2D eigenvalue weighted by Gasteiger charge is -2.26. The van der Waals surface area contributed by atoms with Crippen molar-refractivity contribution in [3.05, 3.63) is 30.1 Å². The Morgan fingerprint density at radius 2 is 1.94 bits per heavy atom. The van der Waals surface area contributed by atoms with Crippen LogP contribution in [0.2, 0.25) is 0 Å². The molecule has 1 aromatic rings. The summed E-state index contributed by atoms with van der Waals surface area (Å²) in [7, 11) is 0. The molecule has 0 unspecified atom stereocenters. The number of nitrogens with zero attached hydrogens (tertiary/aromatic N) is 2. The zero-order valence-electron chi connectivity index (χ0n) is 10.3. The van der Waals surface area contributed by atoms with Gasteiger partial charge in [-0.3, -0.25) is 4.98 Å². The third kappa shape index (κ3) is 4.73. The van der Waals surface area contributed by atoms with Crippen molar-refractivity contribution < 1.29 is 5.11 Å². The predicted octanol–water partition coefficient (Wildman–Crippen LogP) is 1.72. The standard InChI is InChI=1S/C13H22N2O/c1-12(2)15(9-3-11-16)10-6-13-4-7-14-8-5-13/h4-5,7-8,12,16H,3,6,9-11H2,1-2H3. The third-order valence-electron chi connectivity index (χ3n) is 2.77. The van der Waals surface area contributed by atoms with E-state index in [1.807, 2.05) is 12.4 Å². The Morgan fingerprint density at radius 3 is 2.50 bits per heavy atom. The Kier molecular flexibility index (Phi) is 6.04. The van der Waals surface area contributed by atoms with Crippen LogP contribution in [0.3, 0.4) is 0 Å². The van der Waals surface area contributed by atoms with Crippen molar-refractivity contribution in [2.45, 2.75) is 32.7 Å². The third-order valence-corrected chi connectivity index (χ3v) is 2.77. The summed E-state index contributed by atoms with van der Waals surface area (Å²) in [6.45, 7) is 6.69. The lowest BCUT2D eigenvalue weighted by atomic mass is 10.1. The summed E-state index contributed by atoms with van der Waals surface area (Å²) < 4.78 is 0. The minimum Gasteiger partial charge on any atom is -0.396 e. The van der Waals surface area contributed by atoms with Gasteiger partial charge >= 0.3 is 0 Å². The van der Waals surface area contributed by atoms with E-state index in [-0.39, 0.29) is 6.61 Å². The van der Waals surface area contributed by atoms with E-state index in [1.54, 1.807) is 0 Å². The summed E-state index contributed by atoms with van der Waals surface area (Å²) in [6.07, 6.45) is 5.58. The van der Waals surface area contributed by atoms with Crippen LogP contribution in [0.15, 0.2) is 24.5 Å². The van der Waals surface area contributed by atoms with Gasteiger partial charge in [-0.1, -0.05) is 0 Å². The molecule has 0 amide bonds. The monoisotopic (exact) mass is 222 g/mol. The van der Waals surface area contributed by atoms with Crippen molar-refractivity contribution in [2.75, 3.05) is 19.7 Å². The molecule has 0 radical (unpaired) electrons. The minimum absolute atomic E-state index is 0.276. The molecule has 1 N–H and O–H groups in total. The molecule has 16 heavy (non-hydrogen) atoms. The molecule has 0 atom stereocenters. The van der Waals surface area contributed by atoms with Crippen LogP contribution < -0.4 is 0 Å². The van der Waals surface area contributed by atoms with E-state index >= 15 is 0 Å². The highest BCUT2D eigenvalue weighted by atomic mass is 16.3. The second kappa shape index (κ2) is 7.36. The van der Waals surface area contributed by atoms with Crippen molar-refractivity contribution in [1.82, 2.24) is 9.88 Å². The highest BCUT2D eigenvalue weighted by Gasteiger charge is 2.08. The molecule has 3 nitrogen and oxygen atoms in total. The molecule has 0 fully saturated rings. The van der Waals surface area contributed by atoms with Crippen LogP contribution in [-0.4, -0.2) is 40.7 Å². The summed E-state index contributed by atoms with van der Waals surface area (Å²) in [5.41, 5.74) is 1.32. The van der Waals surface area contributed by atoms with E-state index in [0.29, 0.717) is 6.04 Å². The van der Waals surface area contributed by atoms with Gasteiger partial charge in [-0.2, -0.15) is 0 Å². The van der Waals surface area contributed by atoms with Gasteiger partial charge in [0.05, 0.1) is 0 Å². The van der Waals surface area contributed by atoms with Crippen LogP contribution in [-0.2, 0) is 6.42 Å². The summed E-state index contributed by atoms with van der Waals surface area (Å²) >= 11 is 0.